The maximum Gasteiger partial charge on any atom is 0.240 e. The third-order valence-electron chi connectivity index (χ3n) is 3.49. The molecule has 0 bridgehead atoms. The first-order chi connectivity index (χ1) is 12.1. The fraction of sp³-hybridized carbons (Fsp3) is 0.211. The van der Waals surface area contributed by atoms with Crippen LogP contribution in [-0.2, 0) is 9.59 Å². The standard InChI is InChI=1S/C19H21N3O3/c1-2-17(14-8-10-16(23)11-9-14)21-22-19(25)13-12-18(24)20-15-6-4-3-5-7-15/h3-11,23H,2,12-13H2,1H3,(H,20,24)(H,22,25)/b21-17+. The van der Waals surface area contributed by atoms with Crippen LogP contribution in [-0.4, -0.2) is 22.6 Å². The zero-order chi connectivity index (χ0) is 18.1. The quantitative estimate of drug-likeness (QED) is 0.535. The van der Waals surface area contributed by atoms with E-state index >= 15 is 0 Å². The van der Waals surface area contributed by atoms with Crippen molar-refractivity contribution in [1.82, 2.24) is 5.43 Å². The van der Waals surface area contributed by atoms with Gasteiger partial charge in [-0.05, 0) is 48.4 Å². The summed E-state index contributed by atoms with van der Waals surface area (Å²) in [6, 6.07) is 15.7. The van der Waals surface area contributed by atoms with Crippen molar-refractivity contribution in [1.29, 1.82) is 0 Å². The highest BCUT2D eigenvalue weighted by molar-refractivity contribution is 6.01. The second kappa shape index (κ2) is 9.22. The molecular weight excluding hydrogens is 318 g/mol. The fourth-order valence-electron chi connectivity index (χ4n) is 2.16. The van der Waals surface area contributed by atoms with Gasteiger partial charge in [-0.1, -0.05) is 25.1 Å². The van der Waals surface area contributed by atoms with Crippen LogP contribution in [0.25, 0.3) is 0 Å². The van der Waals surface area contributed by atoms with Crippen molar-refractivity contribution in [2.75, 3.05) is 5.32 Å². The van der Waals surface area contributed by atoms with Gasteiger partial charge in [0.15, 0.2) is 0 Å². The van der Waals surface area contributed by atoms with E-state index in [1.807, 2.05) is 25.1 Å². The third-order valence-corrected chi connectivity index (χ3v) is 3.49. The van der Waals surface area contributed by atoms with E-state index in [9.17, 15) is 14.7 Å². The predicted molar refractivity (Wildman–Crippen MR) is 97.4 cm³/mol. The van der Waals surface area contributed by atoms with Crippen molar-refractivity contribution < 1.29 is 14.7 Å². The van der Waals surface area contributed by atoms with E-state index in [0.717, 1.165) is 5.56 Å². The van der Waals surface area contributed by atoms with Crippen LogP contribution >= 0.6 is 0 Å². The van der Waals surface area contributed by atoms with E-state index < -0.39 is 0 Å². The Kier molecular flexibility index (Phi) is 6.71. The van der Waals surface area contributed by atoms with Gasteiger partial charge in [-0.25, -0.2) is 5.43 Å². The van der Waals surface area contributed by atoms with Gasteiger partial charge >= 0.3 is 0 Å². The number of amides is 2. The Morgan fingerprint density at radius 1 is 0.960 bits per heavy atom. The number of benzene rings is 2. The second-order valence-electron chi connectivity index (χ2n) is 5.41. The van der Waals surface area contributed by atoms with Gasteiger partial charge in [0, 0.05) is 18.5 Å². The summed E-state index contributed by atoms with van der Waals surface area (Å²) in [5.74, 6) is -0.375. The minimum atomic E-state index is -0.326. The first-order valence-electron chi connectivity index (χ1n) is 8.08. The molecule has 0 aliphatic heterocycles. The van der Waals surface area contributed by atoms with Crippen LogP contribution in [0.15, 0.2) is 59.7 Å². The van der Waals surface area contributed by atoms with E-state index in [-0.39, 0.29) is 30.4 Å². The second-order valence-corrected chi connectivity index (χ2v) is 5.41. The molecule has 0 aliphatic rings. The lowest BCUT2D eigenvalue weighted by atomic mass is 10.1. The van der Waals surface area contributed by atoms with E-state index in [0.29, 0.717) is 17.8 Å². The van der Waals surface area contributed by atoms with Crippen LogP contribution in [0.4, 0.5) is 5.69 Å². The molecule has 2 amide bonds. The number of hydrazone groups is 1. The lowest BCUT2D eigenvalue weighted by molar-refractivity contribution is -0.124. The van der Waals surface area contributed by atoms with Crippen LogP contribution in [0.2, 0.25) is 0 Å². The summed E-state index contributed by atoms with van der Waals surface area (Å²) < 4.78 is 0. The van der Waals surface area contributed by atoms with Gasteiger partial charge in [0.2, 0.25) is 11.8 Å². The molecule has 0 unspecified atom stereocenters. The molecule has 0 aliphatic carbocycles. The van der Waals surface area contributed by atoms with Crippen molar-refractivity contribution in [3.63, 3.8) is 0 Å². The molecular formula is C19H21N3O3. The van der Waals surface area contributed by atoms with Gasteiger partial charge < -0.3 is 10.4 Å². The summed E-state index contributed by atoms with van der Waals surface area (Å²) in [5, 5.41) is 16.1. The number of phenols is 1. The summed E-state index contributed by atoms with van der Waals surface area (Å²) in [4.78, 5) is 23.7. The highest BCUT2D eigenvalue weighted by atomic mass is 16.3. The average Bonchev–Trinajstić information content (AvgIpc) is 2.63. The molecule has 2 aromatic rings. The first kappa shape index (κ1) is 18.2. The Morgan fingerprint density at radius 3 is 2.24 bits per heavy atom. The van der Waals surface area contributed by atoms with Gasteiger partial charge in [-0.2, -0.15) is 5.10 Å². The summed E-state index contributed by atoms with van der Waals surface area (Å²) in [5.41, 5.74) is 4.69. The van der Waals surface area contributed by atoms with Crippen molar-refractivity contribution >= 4 is 23.2 Å². The van der Waals surface area contributed by atoms with Crippen LogP contribution in [0, 0.1) is 0 Å². The Balaban J connectivity index is 1.82. The summed E-state index contributed by atoms with van der Waals surface area (Å²) in [6.45, 7) is 1.92. The monoisotopic (exact) mass is 339 g/mol. The van der Waals surface area contributed by atoms with Gasteiger partial charge in [-0.3, -0.25) is 9.59 Å². The molecule has 130 valence electrons. The number of hydrogen-bond acceptors (Lipinski definition) is 4. The molecule has 0 aromatic heterocycles. The molecule has 0 saturated heterocycles. The largest absolute Gasteiger partial charge is 0.508 e. The smallest absolute Gasteiger partial charge is 0.240 e. The highest BCUT2D eigenvalue weighted by Crippen LogP contribution is 2.12. The lowest BCUT2D eigenvalue weighted by Crippen LogP contribution is -2.22. The van der Waals surface area contributed by atoms with Crippen molar-refractivity contribution in [3.05, 3.63) is 60.2 Å². The molecule has 3 N–H and O–H groups in total. The van der Waals surface area contributed by atoms with E-state index in [4.69, 9.17) is 0 Å². The Morgan fingerprint density at radius 2 is 1.60 bits per heavy atom. The zero-order valence-electron chi connectivity index (χ0n) is 14.0. The lowest BCUT2D eigenvalue weighted by Gasteiger charge is -2.06. The normalized spacial score (nSPS) is 11.0. The molecule has 0 heterocycles. The number of rotatable bonds is 7. The number of carbonyl (C=O) groups is 2. The Bertz CT molecular complexity index is 740. The minimum absolute atomic E-state index is 0.0503. The molecule has 0 spiro atoms. The van der Waals surface area contributed by atoms with Crippen LogP contribution in [0.3, 0.4) is 0 Å². The number of anilines is 1. The average molecular weight is 339 g/mol. The fourth-order valence-corrected chi connectivity index (χ4v) is 2.16. The van der Waals surface area contributed by atoms with E-state index in [2.05, 4.69) is 15.8 Å². The molecule has 6 heteroatoms. The SMILES string of the molecule is CC/C(=N\NC(=O)CCC(=O)Nc1ccccc1)c1ccc(O)cc1. The summed E-state index contributed by atoms with van der Waals surface area (Å²) in [7, 11) is 0. The van der Waals surface area contributed by atoms with Crippen LogP contribution < -0.4 is 10.7 Å². The van der Waals surface area contributed by atoms with Gasteiger partial charge in [0.1, 0.15) is 5.75 Å². The van der Waals surface area contributed by atoms with Crippen LogP contribution in [0.5, 0.6) is 5.75 Å². The maximum absolute atomic E-state index is 11.9. The highest BCUT2D eigenvalue weighted by Gasteiger charge is 2.08. The molecule has 6 nitrogen and oxygen atoms in total. The summed E-state index contributed by atoms with van der Waals surface area (Å²) >= 11 is 0. The first-order valence-corrected chi connectivity index (χ1v) is 8.08. The van der Waals surface area contributed by atoms with E-state index in [1.165, 1.54) is 0 Å². The van der Waals surface area contributed by atoms with Crippen molar-refractivity contribution in [2.45, 2.75) is 26.2 Å². The zero-order valence-corrected chi connectivity index (χ0v) is 14.0. The van der Waals surface area contributed by atoms with Crippen molar-refractivity contribution in [3.8, 4) is 5.75 Å². The number of hydrogen-bond donors (Lipinski definition) is 3. The third kappa shape index (κ3) is 6.10. The molecule has 0 fully saturated rings. The maximum atomic E-state index is 11.9. The molecule has 0 atom stereocenters. The number of phenolic OH excluding ortho intramolecular Hbond substituents is 1. The number of nitrogens with one attached hydrogen (secondary N) is 2. The molecule has 0 saturated carbocycles. The van der Waals surface area contributed by atoms with E-state index in [1.54, 1.807) is 36.4 Å². The minimum Gasteiger partial charge on any atom is -0.508 e. The van der Waals surface area contributed by atoms with Crippen LogP contribution in [0.1, 0.15) is 31.7 Å². The number of nitrogens with zero attached hydrogens (tertiary/aromatic N) is 1. The number of carbonyl (C=O) groups excluding carboxylic acids is 2. The molecule has 2 aromatic carbocycles. The molecule has 25 heavy (non-hydrogen) atoms. The van der Waals surface area contributed by atoms with Crippen molar-refractivity contribution in [2.24, 2.45) is 5.10 Å². The predicted octanol–water partition coefficient (Wildman–Crippen LogP) is 3.04. The molecule has 0 radical (unpaired) electrons. The Hall–Kier alpha value is -3.15. The van der Waals surface area contributed by atoms with Gasteiger partial charge in [-0.15, -0.1) is 0 Å². The topological polar surface area (TPSA) is 90.8 Å². The summed E-state index contributed by atoms with van der Waals surface area (Å²) in [6.07, 6.45) is 0.755. The van der Waals surface area contributed by atoms with Gasteiger partial charge in [0.05, 0.1) is 5.71 Å². The molecule has 2 rings (SSSR count). The number of para-hydroxylation sites is 1. The Labute approximate surface area is 146 Å². The number of aromatic hydroxyl groups is 1. The van der Waals surface area contributed by atoms with Gasteiger partial charge in [0.25, 0.3) is 0 Å².